The summed E-state index contributed by atoms with van der Waals surface area (Å²) in [6.07, 6.45) is 0. The standard InChI is InChI=1S/C20H19FN2O3/c1-25-18-16-4-2-3-5-17(16)26-19(18)20(24)23-12-10-22(11-13-23)15-8-6-14(21)7-9-15/h2-9H,10-13H2,1H3. The normalized spacial score (nSPS) is 14.7. The van der Waals surface area contributed by atoms with Crippen LogP contribution in [0.2, 0.25) is 0 Å². The van der Waals surface area contributed by atoms with Crippen LogP contribution in [0, 0.1) is 5.82 Å². The molecule has 5 nitrogen and oxygen atoms in total. The first-order valence-electron chi connectivity index (χ1n) is 8.52. The summed E-state index contributed by atoms with van der Waals surface area (Å²) in [5.41, 5.74) is 1.59. The molecule has 134 valence electrons. The first kappa shape index (κ1) is 16.4. The highest BCUT2D eigenvalue weighted by Gasteiger charge is 2.28. The number of methoxy groups -OCH3 is 1. The second-order valence-electron chi connectivity index (χ2n) is 6.22. The van der Waals surface area contributed by atoms with E-state index < -0.39 is 0 Å². The molecule has 3 aromatic rings. The van der Waals surface area contributed by atoms with Gasteiger partial charge in [0, 0.05) is 31.9 Å². The van der Waals surface area contributed by atoms with E-state index in [9.17, 15) is 9.18 Å². The van der Waals surface area contributed by atoms with Gasteiger partial charge in [-0.1, -0.05) is 12.1 Å². The molecule has 2 aromatic carbocycles. The van der Waals surface area contributed by atoms with Crippen LogP contribution >= 0.6 is 0 Å². The highest BCUT2D eigenvalue weighted by molar-refractivity contribution is 6.01. The van der Waals surface area contributed by atoms with E-state index in [0.717, 1.165) is 11.1 Å². The number of fused-ring (bicyclic) bond motifs is 1. The Labute approximate surface area is 150 Å². The summed E-state index contributed by atoms with van der Waals surface area (Å²) in [6.45, 7) is 2.49. The van der Waals surface area contributed by atoms with Crippen LogP contribution in [0.3, 0.4) is 0 Å². The molecule has 0 N–H and O–H groups in total. The molecule has 1 saturated heterocycles. The molecule has 0 spiro atoms. The van der Waals surface area contributed by atoms with Gasteiger partial charge in [-0.15, -0.1) is 0 Å². The SMILES string of the molecule is COc1c(C(=O)N2CCN(c3ccc(F)cc3)CC2)oc2ccccc12. The fraction of sp³-hybridized carbons (Fsp3) is 0.250. The smallest absolute Gasteiger partial charge is 0.293 e. The summed E-state index contributed by atoms with van der Waals surface area (Å²) in [5, 5.41) is 0.795. The number of rotatable bonds is 3. The van der Waals surface area contributed by atoms with Crippen LogP contribution in [0.25, 0.3) is 11.0 Å². The first-order valence-corrected chi connectivity index (χ1v) is 8.52. The lowest BCUT2D eigenvalue weighted by Gasteiger charge is -2.35. The maximum atomic E-state index is 13.1. The van der Waals surface area contributed by atoms with Crippen LogP contribution in [0.15, 0.2) is 52.9 Å². The third-order valence-corrected chi connectivity index (χ3v) is 4.71. The van der Waals surface area contributed by atoms with Crippen LogP contribution in [-0.2, 0) is 0 Å². The van der Waals surface area contributed by atoms with Crippen LogP contribution in [-0.4, -0.2) is 44.1 Å². The van der Waals surface area contributed by atoms with Gasteiger partial charge in [-0.2, -0.15) is 0 Å². The first-order chi connectivity index (χ1) is 12.7. The number of carbonyl (C=O) groups excluding carboxylic acids is 1. The van der Waals surface area contributed by atoms with Gasteiger partial charge in [-0.05, 0) is 36.4 Å². The van der Waals surface area contributed by atoms with E-state index in [1.807, 2.05) is 24.3 Å². The molecule has 2 heterocycles. The number of ether oxygens (including phenoxy) is 1. The number of furan rings is 1. The zero-order chi connectivity index (χ0) is 18.1. The molecule has 6 heteroatoms. The van der Waals surface area contributed by atoms with Gasteiger partial charge in [0.1, 0.15) is 11.4 Å². The number of amides is 1. The van der Waals surface area contributed by atoms with Gasteiger partial charge in [0.2, 0.25) is 5.76 Å². The number of carbonyl (C=O) groups is 1. The summed E-state index contributed by atoms with van der Waals surface area (Å²) in [4.78, 5) is 16.8. The van der Waals surface area contributed by atoms with Gasteiger partial charge in [-0.3, -0.25) is 4.79 Å². The van der Waals surface area contributed by atoms with Crippen LogP contribution < -0.4 is 9.64 Å². The highest BCUT2D eigenvalue weighted by atomic mass is 19.1. The minimum Gasteiger partial charge on any atom is -0.492 e. The van der Waals surface area contributed by atoms with Crippen molar-refractivity contribution in [3.63, 3.8) is 0 Å². The second-order valence-corrected chi connectivity index (χ2v) is 6.22. The molecule has 1 aliphatic rings. The van der Waals surface area contributed by atoms with E-state index in [1.165, 1.54) is 12.1 Å². The predicted molar refractivity (Wildman–Crippen MR) is 97.3 cm³/mol. The lowest BCUT2D eigenvalue weighted by atomic mass is 10.2. The molecule has 26 heavy (non-hydrogen) atoms. The third kappa shape index (κ3) is 2.87. The Hall–Kier alpha value is -3.02. The van der Waals surface area contributed by atoms with Gasteiger partial charge in [0.05, 0.1) is 12.5 Å². The fourth-order valence-corrected chi connectivity index (χ4v) is 3.33. The number of para-hydroxylation sites is 1. The summed E-state index contributed by atoms with van der Waals surface area (Å²) in [5.74, 6) is 0.298. The molecule has 1 amide bonds. The van der Waals surface area contributed by atoms with Crippen molar-refractivity contribution in [1.82, 2.24) is 4.90 Å². The maximum absolute atomic E-state index is 13.1. The molecule has 0 saturated carbocycles. The molecule has 0 radical (unpaired) electrons. The molecule has 0 unspecified atom stereocenters. The molecule has 1 aromatic heterocycles. The Bertz CT molecular complexity index is 928. The van der Waals surface area contributed by atoms with Crippen LogP contribution in [0.5, 0.6) is 5.75 Å². The minimum absolute atomic E-state index is 0.170. The lowest BCUT2D eigenvalue weighted by Crippen LogP contribution is -2.48. The van der Waals surface area contributed by atoms with Crippen molar-refractivity contribution < 1.29 is 18.3 Å². The van der Waals surface area contributed by atoms with Crippen molar-refractivity contribution in [2.24, 2.45) is 0 Å². The Morgan fingerprint density at radius 2 is 1.73 bits per heavy atom. The average molecular weight is 354 g/mol. The quantitative estimate of drug-likeness (QED) is 0.722. The molecule has 0 aliphatic carbocycles. The number of hydrogen-bond donors (Lipinski definition) is 0. The molecule has 1 fully saturated rings. The van der Waals surface area contributed by atoms with Gasteiger partial charge < -0.3 is 19.0 Å². The summed E-state index contributed by atoms with van der Waals surface area (Å²) in [6, 6.07) is 13.9. The van der Waals surface area contributed by atoms with Crippen molar-refractivity contribution in [1.29, 1.82) is 0 Å². The van der Waals surface area contributed by atoms with Crippen LogP contribution in [0.4, 0.5) is 10.1 Å². The average Bonchev–Trinajstić information content (AvgIpc) is 3.07. The number of benzene rings is 2. The van der Waals surface area contributed by atoms with Gasteiger partial charge in [-0.25, -0.2) is 4.39 Å². The Balaban J connectivity index is 1.51. The van der Waals surface area contributed by atoms with E-state index in [1.54, 1.807) is 24.1 Å². The Morgan fingerprint density at radius 3 is 2.42 bits per heavy atom. The van der Waals surface area contributed by atoms with Gasteiger partial charge in [0.15, 0.2) is 5.75 Å². The third-order valence-electron chi connectivity index (χ3n) is 4.71. The molecule has 1 aliphatic heterocycles. The zero-order valence-corrected chi connectivity index (χ0v) is 14.4. The predicted octanol–water partition coefficient (Wildman–Crippen LogP) is 3.54. The van der Waals surface area contributed by atoms with E-state index in [2.05, 4.69) is 4.90 Å². The Kier molecular flexibility index (Phi) is 4.24. The van der Waals surface area contributed by atoms with Gasteiger partial charge >= 0.3 is 0 Å². The van der Waals surface area contributed by atoms with E-state index in [-0.39, 0.29) is 17.5 Å². The van der Waals surface area contributed by atoms with Crippen LogP contribution in [0.1, 0.15) is 10.6 Å². The Morgan fingerprint density at radius 1 is 1.04 bits per heavy atom. The highest BCUT2D eigenvalue weighted by Crippen LogP contribution is 2.33. The summed E-state index contributed by atoms with van der Waals surface area (Å²) < 4.78 is 24.3. The van der Waals surface area contributed by atoms with Crippen molar-refractivity contribution in [2.45, 2.75) is 0 Å². The molecule has 0 atom stereocenters. The summed E-state index contributed by atoms with van der Waals surface area (Å²) >= 11 is 0. The zero-order valence-electron chi connectivity index (χ0n) is 14.4. The lowest BCUT2D eigenvalue weighted by molar-refractivity contribution is 0.0712. The number of nitrogens with zero attached hydrogens (tertiary/aromatic N) is 2. The molecule has 4 rings (SSSR count). The van der Waals surface area contributed by atoms with E-state index >= 15 is 0 Å². The largest absolute Gasteiger partial charge is 0.492 e. The van der Waals surface area contributed by atoms with Crippen molar-refractivity contribution >= 4 is 22.6 Å². The number of halogens is 1. The molecule has 0 bridgehead atoms. The second kappa shape index (κ2) is 6.71. The monoisotopic (exact) mass is 354 g/mol. The summed E-state index contributed by atoms with van der Waals surface area (Å²) in [7, 11) is 1.54. The number of hydrogen-bond acceptors (Lipinski definition) is 4. The number of anilines is 1. The van der Waals surface area contributed by atoms with E-state index in [4.69, 9.17) is 9.15 Å². The molecular weight excluding hydrogens is 335 g/mol. The number of piperazine rings is 1. The van der Waals surface area contributed by atoms with Gasteiger partial charge in [0.25, 0.3) is 5.91 Å². The van der Waals surface area contributed by atoms with Crippen molar-refractivity contribution in [3.05, 3.63) is 60.1 Å². The fourth-order valence-electron chi connectivity index (χ4n) is 3.33. The topological polar surface area (TPSA) is 45.9 Å². The molecular formula is C20H19FN2O3. The maximum Gasteiger partial charge on any atom is 0.293 e. The van der Waals surface area contributed by atoms with Crippen molar-refractivity contribution in [2.75, 3.05) is 38.2 Å². The van der Waals surface area contributed by atoms with Crippen molar-refractivity contribution in [3.8, 4) is 5.75 Å². The van der Waals surface area contributed by atoms with E-state index in [0.29, 0.717) is 37.5 Å². The minimum atomic E-state index is -0.250.